The molecule has 2 aromatic carbocycles. The normalized spacial score (nSPS) is 12.4. The van der Waals surface area contributed by atoms with Crippen molar-refractivity contribution in [2.45, 2.75) is 31.2 Å². The molecule has 0 spiro atoms. The molecule has 30 heavy (non-hydrogen) atoms. The van der Waals surface area contributed by atoms with Crippen molar-refractivity contribution < 1.29 is 17.9 Å². The van der Waals surface area contributed by atoms with Gasteiger partial charge in [0.05, 0.1) is 6.04 Å². The lowest BCUT2D eigenvalue weighted by Crippen LogP contribution is -2.36. The highest BCUT2D eigenvalue weighted by Gasteiger charge is 2.23. The van der Waals surface area contributed by atoms with Crippen LogP contribution < -0.4 is 14.8 Å². The molecule has 0 saturated carbocycles. The maximum Gasteiger partial charge on any atom is 0.270 e. The third-order valence-electron chi connectivity index (χ3n) is 4.01. The van der Waals surface area contributed by atoms with Crippen LogP contribution >= 0.6 is 11.3 Å². The Morgan fingerprint density at radius 3 is 2.53 bits per heavy atom. The molecule has 0 bridgehead atoms. The molecular weight excluding hydrogens is 424 g/mol. The molecule has 3 aromatic rings. The Hall–Kier alpha value is -2.82. The minimum atomic E-state index is -3.89. The molecular formula is C20H22N4O4S2. The van der Waals surface area contributed by atoms with E-state index in [4.69, 9.17) is 4.74 Å². The van der Waals surface area contributed by atoms with E-state index >= 15 is 0 Å². The van der Waals surface area contributed by atoms with Crippen LogP contribution in [0, 0.1) is 13.8 Å². The van der Waals surface area contributed by atoms with Crippen molar-refractivity contribution in [3.63, 3.8) is 0 Å². The maximum atomic E-state index is 12.5. The largest absolute Gasteiger partial charge is 0.492 e. The van der Waals surface area contributed by atoms with Crippen molar-refractivity contribution >= 4 is 32.4 Å². The van der Waals surface area contributed by atoms with Gasteiger partial charge in [0.15, 0.2) is 0 Å². The smallest absolute Gasteiger partial charge is 0.270 e. The van der Waals surface area contributed by atoms with Gasteiger partial charge < -0.3 is 4.74 Å². The number of carbonyl (C=O) groups excluding carboxylic acids is 1. The molecule has 158 valence electrons. The number of nitrogens with zero attached hydrogens (tertiary/aromatic N) is 2. The quantitative estimate of drug-likeness (QED) is 0.514. The molecule has 0 aliphatic heterocycles. The molecule has 0 aliphatic rings. The second kappa shape index (κ2) is 9.33. The summed E-state index contributed by atoms with van der Waals surface area (Å²) in [5, 5.41) is 10.1. The van der Waals surface area contributed by atoms with Crippen molar-refractivity contribution in [3.05, 3.63) is 65.2 Å². The molecule has 10 heteroatoms. The van der Waals surface area contributed by atoms with E-state index in [1.807, 2.05) is 44.2 Å². The van der Waals surface area contributed by atoms with E-state index in [2.05, 4.69) is 20.2 Å². The fraction of sp³-hybridized carbons (Fsp3) is 0.250. The Morgan fingerprint density at radius 2 is 1.83 bits per heavy atom. The number of carbonyl (C=O) groups is 1. The van der Waals surface area contributed by atoms with E-state index in [-0.39, 0.29) is 22.0 Å². The highest BCUT2D eigenvalue weighted by atomic mass is 32.2. The van der Waals surface area contributed by atoms with Crippen molar-refractivity contribution in [2.24, 2.45) is 0 Å². The Kier molecular flexibility index (Phi) is 6.80. The van der Waals surface area contributed by atoms with E-state index in [9.17, 15) is 13.2 Å². The summed E-state index contributed by atoms with van der Waals surface area (Å²) in [6.45, 7) is 5.69. The first-order valence-electron chi connectivity index (χ1n) is 9.16. The van der Waals surface area contributed by atoms with Gasteiger partial charge in [-0.3, -0.25) is 10.1 Å². The van der Waals surface area contributed by atoms with Gasteiger partial charge in [-0.25, -0.2) is 13.1 Å². The molecule has 0 saturated heterocycles. The molecule has 0 fully saturated rings. The Balaban J connectivity index is 1.59. The van der Waals surface area contributed by atoms with Crippen molar-refractivity contribution in [2.75, 3.05) is 11.9 Å². The number of ether oxygens (including phenoxy) is 1. The summed E-state index contributed by atoms with van der Waals surface area (Å²) in [5.74, 6) is 0.273. The summed E-state index contributed by atoms with van der Waals surface area (Å²) >= 11 is 0.780. The van der Waals surface area contributed by atoms with Gasteiger partial charge in [-0.1, -0.05) is 46.7 Å². The molecule has 0 radical (unpaired) electrons. The summed E-state index contributed by atoms with van der Waals surface area (Å²) in [6, 6.07) is 14.0. The number of sulfonamides is 1. The first kappa shape index (κ1) is 21.9. The predicted molar refractivity (Wildman–Crippen MR) is 115 cm³/mol. The van der Waals surface area contributed by atoms with Gasteiger partial charge in [0.2, 0.25) is 9.47 Å². The summed E-state index contributed by atoms with van der Waals surface area (Å²) in [5.41, 5.74) is 2.50. The van der Waals surface area contributed by atoms with Gasteiger partial charge in [0.25, 0.3) is 15.9 Å². The van der Waals surface area contributed by atoms with Gasteiger partial charge in [-0.2, -0.15) is 0 Å². The number of anilines is 1. The van der Waals surface area contributed by atoms with Gasteiger partial charge in [-0.15, -0.1) is 10.2 Å². The van der Waals surface area contributed by atoms with Crippen LogP contribution in [-0.2, 0) is 10.0 Å². The zero-order valence-electron chi connectivity index (χ0n) is 16.7. The maximum absolute atomic E-state index is 12.5. The van der Waals surface area contributed by atoms with Crippen LogP contribution in [0.3, 0.4) is 0 Å². The molecule has 3 rings (SSSR count). The first-order valence-corrected chi connectivity index (χ1v) is 11.5. The monoisotopic (exact) mass is 446 g/mol. The molecule has 1 aromatic heterocycles. The molecule has 2 N–H and O–H groups in total. The SMILES string of the molecule is Cc1ccc(OC[C@@H](C)NS(=O)(=O)c2nnc(NC(=O)c3cccc(C)c3)s2)cc1. The highest BCUT2D eigenvalue weighted by molar-refractivity contribution is 7.91. The summed E-state index contributed by atoms with van der Waals surface area (Å²) in [7, 11) is -3.89. The Morgan fingerprint density at radius 1 is 1.10 bits per heavy atom. The number of benzene rings is 2. The van der Waals surface area contributed by atoms with Gasteiger partial charge in [0, 0.05) is 5.56 Å². The average molecular weight is 447 g/mol. The van der Waals surface area contributed by atoms with Crippen LogP contribution in [0.5, 0.6) is 5.75 Å². The fourth-order valence-electron chi connectivity index (χ4n) is 2.53. The van der Waals surface area contributed by atoms with Crippen LogP contribution in [0.1, 0.15) is 28.4 Å². The summed E-state index contributed by atoms with van der Waals surface area (Å²) < 4.78 is 33.0. The third kappa shape index (κ3) is 5.85. The van der Waals surface area contributed by atoms with Crippen LogP contribution in [0.15, 0.2) is 52.9 Å². The molecule has 8 nitrogen and oxygen atoms in total. The minimum absolute atomic E-state index is 0.102. The van der Waals surface area contributed by atoms with E-state index < -0.39 is 16.1 Å². The van der Waals surface area contributed by atoms with Crippen molar-refractivity contribution in [3.8, 4) is 5.75 Å². The van der Waals surface area contributed by atoms with Crippen LogP contribution in [0.25, 0.3) is 0 Å². The van der Waals surface area contributed by atoms with Crippen LogP contribution in [0.4, 0.5) is 5.13 Å². The first-order chi connectivity index (χ1) is 14.2. The van der Waals surface area contributed by atoms with E-state index in [1.54, 1.807) is 25.1 Å². The third-order valence-corrected chi connectivity index (χ3v) is 6.81. The number of amides is 1. The van der Waals surface area contributed by atoms with E-state index in [0.717, 1.165) is 22.5 Å². The molecule has 1 heterocycles. The fourth-order valence-corrected chi connectivity index (χ4v) is 4.67. The molecule has 1 atom stereocenters. The second-order valence-corrected chi connectivity index (χ2v) is 9.71. The summed E-state index contributed by atoms with van der Waals surface area (Å²) in [6.07, 6.45) is 0. The van der Waals surface area contributed by atoms with Crippen molar-refractivity contribution in [1.82, 2.24) is 14.9 Å². The van der Waals surface area contributed by atoms with Gasteiger partial charge in [0.1, 0.15) is 12.4 Å². The number of aryl methyl sites for hydroxylation is 2. The summed E-state index contributed by atoms with van der Waals surface area (Å²) in [4.78, 5) is 12.3. The lowest BCUT2D eigenvalue weighted by Gasteiger charge is -2.14. The zero-order chi connectivity index (χ0) is 21.7. The number of hydrogen-bond donors (Lipinski definition) is 2. The number of aromatic nitrogens is 2. The predicted octanol–water partition coefficient (Wildman–Crippen LogP) is 3.15. The van der Waals surface area contributed by atoms with Gasteiger partial charge in [-0.05, 0) is 45.0 Å². The van der Waals surface area contributed by atoms with Crippen LogP contribution in [0.2, 0.25) is 0 Å². The highest BCUT2D eigenvalue weighted by Crippen LogP contribution is 2.21. The standard InChI is InChI=1S/C20H22N4O4S2/c1-13-7-9-17(10-8-13)28-12-15(3)24-30(26,27)20-23-22-19(29-20)21-18(25)16-6-4-5-14(2)11-16/h4-11,15,24H,12H2,1-3H3,(H,21,22,25)/t15-/m1/s1. The minimum Gasteiger partial charge on any atom is -0.492 e. The topological polar surface area (TPSA) is 110 Å². The molecule has 0 unspecified atom stereocenters. The lowest BCUT2D eigenvalue weighted by atomic mass is 10.1. The van der Waals surface area contributed by atoms with Crippen LogP contribution in [-0.4, -0.2) is 37.2 Å². The van der Waals surface area contributed by atoms with Gasteiger partial charge >= 0.3 is 0 Å². The second-order valence-electron chi connectivity index (χ2n) is 6.84. The Bertz CT molecular complexity index is 1130. The number of hydrogen-bond acceptors (Lipinski definition) is 7. The number of rotatable bonds is 8. The van der Waals surface area contributed by atoms with E-state index in [1.165, 1.54) is 0 Å². The zero-order valence-corrected chi connectivity index (χ0v) is 18.4. The number of nitrogens with one attached hydrogen (secondary N) is 2. The van der Waals surface area contributed by atoms with Crippen molar-refractivity contribution in [1.29, 1.82) is 0 Å². The molecule has 1 amide bonds. The Labute approximate surface area is 179 Å². The molecule has 0 aliphatic carbocycles. The lowest BCUT2D eigenvalue weighted by molar-refractivity contribution is 0.102. The average Bonchev–Trinajstić information content (AvgIpc) is 3.17. The van der Waals surface area contributed by atoms with E-state index in [0.29, 0.717) is 11.3 Å².